The maximum atomic E-state index is 12.1. The van der Waals surface area contributed by atoms with Gasteiger partial charge in [-0.15, -0.1) is 0 Å². The molecular weight excluding hydrogens is 282 g/mol. The SMILES string of the molecule is CCN(CC)c1ccc(NC(=O)c2cc(C)sn2)c(C)c1. The van der Waals surface area contributed by atoms with E-state index >= 15 is 0 Å². The minimum atomic E-state index is -0.155. The topological polar surface area (TPSA) is 45.2 Å². The molecule has 1 heterocycles. The van der Waals surface area contributed by atoms with Gasteiger partial charge < -0.3 is 10.2 Å². The van der Waals surface area contributed by atoms with E-state index < -0.39 is 0 Å². The number of anilines is 2. The molecule has 5 heteroatoms. The molecule has 0 spiro atoms. The number of benzene rings is 1. The van der Waals surface area contributed by atoms with Crippen molar-refractivity contribution in [1.29, 1.82) is 0 Å². The summed E-state index contributed by atoms with van der Waals surface area (Å²) in [4.78, 5) is 15.4. The zero-order valence-electron chi connectivity index (χ0n) is 12.9. The van der Waals surface area contributed by atoms with Crippen LogP contribution in [-0.4, -0.2) is 23.4 Å². The highest BCUT2D eigenvalue weighted by Gasteiger charge is 2.12. The molecule has 1 aromatic carbocycles. The first-order valence-corrected chi connectivity index (χ1v) is 7.92. The molecule has 0 unspecified atom stereocenters. The van der Waals surface area contributed by atoms with E-state index in [-0.39, 0.29) is 5.91 Å². The molecule has 1 aromatic heterocycles. The van der Waals surface area contributed by atoms with Crippen molar-refractivity contribution in [2.24, 2.45) is 0 Å². The smallest absolute Gasteiger partial charge is 0.275 e. The van der Waals surface area contributed by atoms with Gasteiger partial charge in [0, 0.05) is 29.3 Å². The van der Waals surface area contributed by atoms with Gasteiger partial charge in [0.25, 0.3) is 5.91 Å². The summed E-state index contributed by atoms with van der Waals surface area (Å²) in [5, 5.41) is 2.93. The van der Waals surface area contributed by atoms with Crippen molar-refractivity contribution in [2.75, 3.05) is 23.3 Å². The molecular formula is C16H21N3OS. The average molecular weight is 303 g/mol. The van der Waals surface area contributed by atoms with Gasteiger partial charge in [0.15, 0.2) is 0 Å². The van der Waals surface area contributed by atoms with Gasteiger partial charge in [0.1, 0.15) is 5.69 Å². The molecule has 0 saturated heterocycles. The van der Waals surface area contributed by atoms with Gasteiger partial charge >= 0.3 is 0 Å². The summed E-state index contributed by atoms with van der Waals surface area (Å²) in [6.45, 7) is 10.2. The first-order chi connectivity index (χ1) is 10.0. The minimum absolute atomic E-state index is 0.155. The Labute approximate surface area is 130 Å². The van der Waals surface area contributed by atoms with Crippen molar-refractivity contribution in [3.05, 3.63) is 40.4 Å². The van der Waals surface area contributed by atoms with Crippen LogP contribution >= 0.6 is 11.5 Å². The highest BCUT2D eigenvalue weighted by atomic mass is 32.1. The van der Waals surface area contributed by atoms with E-state index in [2.05, 4.69) is 34.5 Å². The van der Waals surface area contributed by atoms with E-state index in [1.807, 2.05) is 26.0 Å². The van der Waals surface area contributed by atoms with E-state index in [0.29, 0.717) is 5.69 Å². The Morgan fingerprint density at radius 3 is 2.48 bits per heavy atom. The van der Waals surface area contributed by atoms with Crippen LogP contribution in [0, 0.1) is 13.8 Å². The highest BCUT2D eigenvalue weighted by molar-refractivity contribution is 7.05. The number of amides is 1. The summed E-state index contributed by atoms with van der Waals surface area (Å²) in [7, 11) is 0. The fourth-order valence-corrected chi connectivity index (χ4v) is 2.78. The third-order valence-electron chi connectivity index (χ3n) is 3.45. The summed E-state index contributed by atoms with van der Waals surface area (Å²) in [6.07, 6.45) is 0. The second kappa shape index (κ2) is 6.72. The second-order valence-corrected chi connectivity index (χ2v) is 5.96. The van der Waals surface area contributed by atoms with E-state index in [0.717, 1.165) is 29.2 Å². The molecule has 112 valence electrons. The van der Waals surface area contributed by atoms with Crippen molar-refractivity contribution >= 4 is 28.8 Å². The fraction of sp³-hybridized carbons (Fsp3) is 0.375. The van der Waals surface area contributed by atoms with Crippen LogP contribution in [0.2, 0.25) is 0 Å². The number of rotatable bonds is 5. The van der Waals surface area contributed by atoms with Crippen LogP contribution in [-0.2, 0) is 0 Å². The van der Waals surface area contributed by atoms with Crippen molar-refractivity contribution < 1.29 is 4.79 Å². The Hall–Kier alpha value is -1.88. The molecule has 0 aliphatic rings. The van der Waals surface area contributed by atoms with E-state index in [4.69, 9.17) is 0 Å². The van der Waals surface area contributed by atoms with Crippen LogP contribution in [0.5, 0.6) is 0 Å². The molecule has 0 fully saturated rings. The molecule has 2 rings (SSSR count). The number of carbonyl (C=O) groups is 1. The number of aromatic nitrogens is 1. The zero-order valence-corrected chi connectivity index (χ0v) is 13.8. The van der Waals surface area contributed by atoms with Crippen molar-refractivity contribution in [3.8, 4) is 0 Å². The summed E-state index contributed by atoms with van der Waals surface area (Å²) < 4.78 is 4.14. The zero-order chi connectivity index (χ0) is 15.4. The molecule has 0 bridgehead atoms. The van der Waals surface area contributed by atoms with E-state index in [1.165, 1.54) is 17.2 Å². The number of hydrogen-bond acceptors (Lipinski definition) is 4. The molecule has 4 nitrogen and oxygen atoms in total. The Morgan fingerprint density at radius 2 is 1.95 bits per heavy atom. The summed E-state index contributed by atoms with van der Waals surface area (Å²) in [5.74, 6) is -0.155. The quantitative estimate of drug-likeness (QED) is 0.912. The number of carbonyl (C=O) groups excluding carboxylic acids is 1. The van der Waals surface area contributed by atoms with Gasteiger partial charge in [-0.2, -0.15) is 4.37 Å². The number of nitrogens with one attached hydrogen (secondary N) is 1. The van der Waals surface area contributed by atoms with Gasteiger partial charge in [-0.25, -0.2) is 0 Å². The first-order valence-electron chi connectivity index (χ1n) is 7.15. The predicted octanol–water partition coefficient (Wildman–Crippen LogP) is 3.86. The lowest BCUT2D eigenvalue weighted by Crippen LogP contribution is -2.22. The van der Waals surface area contributed by atoms with Gasteiger partial charge in [-0.1, -0.05) is 0 Å². The monoisotopic (exact) mass is 303 g/mol. The molecule has 2 aromatic rings. The average Bonchev–Trinajstić information content (AvgIpc) is 2.90. The molecule has 0 aliphatic heterocycles. The molecule has 1 N–H and O–H groups in total. The summed E-state index contributed by atoms with van der Waals surface area (Å²) in [6, 6.07) is 7.91. The van der Waals surface area contributed by atoms with Crippen molar-refractivity contribution in [2.45, 2.75) is 27.7 Å². The standard InChI is InChI=1S/C16H21N3OS/c1-5-19(6-2)13-7-8-14(11(3)9-13)17-16(20)15-10-12(4)21-18-15/h7-10H,5-6H2,1-4H3,(H,17,20). The second-order valence-electron chi connectivity index (χ2n) is 4.95. The first kappa shape index (κ1) is 15.5. The van der Waals surface area contributed by atoms with Gasteiger partial charge in [0.2, 0.25) is 0 Å². The van der Waals surface area contributed by atoms with E-state index in [9.17, 15) is 4.79 Å². The third kappa shape index (κ3) is 3.61. The van der Waals surface area contributed by atoms with Crippen LogP contribution in [0.1, 0.15) is 34.8 Å². The summed E-state index contributed by atoms with van der Waals surface area (Å²) >= 11 is 1.34. The number of hydrogen-bond donors (Lipinski definition) is 1. The molecule has 0 radical (unpaired) electrons. The fourth-order valence-electron chi connectivity index (χ4n) is 2.23. The molecule has 0 aliphatic carbocycles. The lowest BCUT2D eigenvalue weighted by Gasteiger charge is -2.22. The van der Waals surface area contributed by atoms with Crippen LogP contribution in [0.15, 0.2) is 24.3 Å². The molecule has 21 heavy (non-hydrogen) atoms. The largest absolute Gasteiger partial charge is 0.372 e. The predicted molar refractivity (Wildman–Crippen MR) is 89.5 cm³/mol. The van der Waals surface area contributed by atoms with Crippen LogP contribution < -0.4 is 10.2 Å². The molecule has 1 amide bonds. The Kier molecular flexibility index (Phi) is 4.96. The maximum Gasteiger partial charge on any atom is 0.275 e. The normalized spacial score (nSPS) is 10.5. The summed E-state index contributed by atoms with van der Waals surface area (Å²) in [5.41, 5.74) is 3.55. The lowest BCUT2D eigenvalue weighted by molar-refractivity contribution is 0.102. The third-order valence-corrected chi connectivity index (χ3v) is 4.14. The van der Waals surface area contributed by atoms with Crippen molar-refractivity contribution in [1.82, 2.24) is 4.37 Å². The molecule has 0 saturated carbocycles. The van der Waals surface area contributed by atoms with Crippen molar-refractivity contribution in [3.63, 3.8) is 0 Å². The van der Waals surface area contributed by atoms with Crippen LogP contribution in [0.3, 0.4) is 0 Å². The Bertz CT molecular complexity index is 632. The van der Waals surface area contributed by atoms with E-state index in [1.54, 1.807) is 6.07 Å². The highest BCUT2D eigenvalue weighted by Crippen LogP contribution is 2.23. The number of aryl methyl sites for hydroxylation is 2. The lowest BCUT2D eigenvalue weighted by atomic mass is 10.1. The number of nitrogens with zero attached hydrogens (tertiary/aromatic N) is 2. The Morgan fingerprint density at radius 1 is 1.24 bits per heavy atom. The van der Waals surface area contributed by atoms with Gasteiger partial charge in [0.05, 0.1) is 0 Å². The molecule has 0 atom stereocenters. The van der Waals surface area contributed by atoms with Crippen LogP contribution in [0.4, 0.5) is 11.4 Å². The van der Waals surface area contributed by atoms with Gasteiger partial charge in [-0.3, -0.25) is 4.79 Å². The Balaban J connectivity index is 2.16. The van der Waals surface area contributed by atoms with Crippen LogP contribution in [0.25, 0.3) is 0 Å². The maximum absolute atomic E-state index is 12.1. The van der Waals surface area contributed by atoms with Gasteiger partial charge in [-0.05, 0) is 69.1 Å². The minimum Gasteiger partial charge on any atom is -0.372 e.